The monoisotopic (exact) mass is 199 g/mol. The van der Waals surface area contributed by atoms with Crippen LogP contribution in [0.5, 0.6) is 0 Å². The van der Waals surface area contributed by atoms with Crippen LogP contribution in [0.4, 0.5) is 0 Å². The fraction of sp³-hybridized carbons (Fsp3) is 0.500. The number of carbonyl (C=O) groups excluding carboxylic acids is 2. The van der Waals surface area contributed by atoms with Crippen LogP contribution in [-0.2, 0) is 9.59 Å². The van der Waals surface area contributed by atoms with Gasteiger partial charge in [-0.25, -0.2) is 0 Å². The maximum Gasteiger partial charge on any atom is 0.262 e. The van der Waals surface area contributed by atoms with E-state index in [9.17, 15) is 14.7 Å². The smallest absolute Gasteiger partial charge is 0.262 e. The lowest BCUT2D eigenvalue weighted by Crippen LogP contribution is -2.31. The molecule has 1 saturated heterocycles. The molecule has 2 heterocycles. The second-order valence-corrected chi connectivity index (χ2v) is 4.11. The lowest BCUT2D eigenvalue weighted by atomic mass is 10.1. The van der Waals surface area contributed by atoms with E-state index in [1.165, 1.54) is 11.8 Å². The Balaban J connectivity index is 2.41. The summed E-state index contributed by atoms with van der Waals surface area (Å²) < 4.78 is 0. The van der Waals surface area contributed by atoms with E-state index in [4.69, 9.17) is 0 Å². The van der Waals surface area contributed by atoms with Gasteiger partial charge in [0.15, 0.2) is 5.78 Å². The molecule has 0 aliphatic carbocycles. The van der Waals surface area contributed by atoms with E-state index in [2.05, 4.69) is 0 Å². The molecule has 0 saturated carbocycles. The van der Waals surface area contributed by atoms with Gasteiger partial charge < -0.3 is 10.0 Å². The van der Waals surface area contributed by atoms with Crippen LogP contribution in [0.1, 0.15) is 6.92 Å². The highest BCUT2D eigenvalue weighted by Gasteiger charge is 2.43. The minimum Gasteiger partial charge on any atom is -0.509 e. The molecule has 0 radical (unpaired) electrons. The summed E-state index contributed by atoms with van der Waals surface area (Å²) in [5.74, 6) is 0.558. The van der Waals surface area contributed by atoms with Crippen molar-refractivity contribution < 1.29 is 14.7 Å². The lowest BCUT2D eigenvalue weighted by Gasteiger charge is -2.13. The van der Waals surface area contributed by atoms with E-state index in [0.717, 1.165) is 0 Å². The number of aliphatic hydroxyl groups excluding tert-OH is 1. The van der Waals surface area contributed by atoms with E-state index < -0.39 is 0 Å². The van der Waals surface area contributed by atoms with Crippen LogP contribution in [0.2, 0.25) is 0 Å². The van der Waals surface area contributed by atoms with E-state index >= 15 is 0 Å². The quantitative estimate of drug-likeness (QED) is 0.617. The van der Waals surface area contributed by atoms with E-state index in [-0.39, 0.29) is 29.1 Å². The Morgan fingerprint density at radius 2 is 2.38 bits per heavy atom. The number of aliphatic hydroxyl groups is 1. The van der Waals surface area contributed by atoms with E-state index in [0.29, 0.717) is 11.6 Å². The van der Waals surface area contributed by atoms with Crippen molar-refractivity contribution in [3.05, 3.63) is 11.3 Å². The van der Waals surface area contributed by atoms with Crippen LogP contribution < -0.4 is 0 Å². The summed E-state index contributed by atoms with van der Waals surface area (Å²) in [6.45, 7) is 1.30. The third-order valence-corrected chi connectivity index (χ3v) is 3.29. The Morgan fingerprint density at radius 1 is 1.69 bits per heavy atom. The zero-order valence-electron chi connectivity index (χ0n) is 7.11. The van der Waals surface area contributed by atoms with Crippen molar-refractivity contribution in [1.29, 1.82) is 0 Å². The van der Waals surface area contributed by atoms with Gasteiger partial charge in [0.2, 0.25) is 0 Å². The number of hydrogen-bond donors (Lipinski definition) is 1. The molecule has 70 valence electrons. The molecule has 0 unspecified atom stereocenters. The number of carbonyl (C=O) groups is 2. The fourth-order valence-electron chi connectivity index (χ4n) is 1.62. The number of rotatable bonds is 1. The summed E-state index contributed by atoms with van der Waals surface area (Å²) in [7, 11) is 0. The number of Topliss-reactive ketones (excluding diaryl/α,β-unsaturated/α-hetero) is 1. The predicted molar refractivity (Wildman–Crippen MR) is 48.3 cm³/mol. The molecule has 0 bridgehead atoms. The molecule has 2 aliphatic heterocycles. The first-order valence-corrected chi connectivity index (χ1v) is 5.11. The highest BCUT2D eigenvalue weighted by Crippen LogP contribution is 2.33. The highest BCUT2D eigenvalue weighted by molar-refractivity contribution is 7.99. The van der Waals surface area contributed by atoms with Crippen molar-refractivity contribution in [1.82, 2.24) is 4.90 Å². The Labute approximate surface area is 79.6 Å². The minimum absolute atomic E-state index is 0.0229. The summed E-state index contributed by atoms with van der Waals surface area (Å²) in [4.78, 5) is 24.1. The first kappa shape index (κ1) is 8.62. The molecule has 1 fully saturated rings. The molecule has 0 aromatic carbocycles. The number of fused-ring (bicyclic) bond motifs is 1. The summed E-state index contributed by atoms with van der Waals surface area (Å²) >= 11 is 1.59. The molecule has 1 amide bonds. The molecular weight excluding hydrogens is 190 g/mol. The Bertz CT molecular complexity index is 323. The molecule has 13 heavy (non-hydrogen) atoms. The first-order chi connectivity index (χ1) is 6.13. The van der Waals surface area contributed by atoms with E-state index in [1.54, 1.807) is 11.8 Å². The van der Waals surface area contributed by atoms with Crippen molar-refractivity contribution in [2.45, 2.75) is 13.0 Å². The van der Waals surface area contributed by atoms with Crippen molar-refractivity contribution in [2.24, 2.45) is 0 Å². The van der Waals surface area contributed by atoms with Gasteiger partial charge in [-0.1, -0.05) is 0 Å². The van der Waals surface area contributed by atoms with Crippen molar-refractivity contribution in [2.75, 3.05) is 11.6 Å². The van der Waals surface area contributed by atoms with Crippen LogP contribution in [-0.4, -0.2) is 39.4 Å². The minimum atomic E-state index is -0.345. The van der Waals surface area contributed by atoms with Gasteiger partial charge in [-0.2, -0.15) is 0 Å². The second-order valence-electron chi connectivity index (χ2n) is 3.11. The molecule has 5 heteroatoms. The normalized spacial score (nSPS) is 27.0. The molecule has 0 spiro atoms. The van der Waals surface area contributed by atoms with Gasteiger partial charge in [-0.15, -0.1) is 11.8 Å². The van der Waals surface area contributed by atoms with Gasteiger partial charge in [0.25, 0.3) is 5.91 Å². The Morgan fingerprint density at radius 3 is 2.92 bits per heavy atom. The van der Waals surface area contributed by atoms with Crippen LogP contribution in [0.15, 0.2) is 11.3 Å². The van der Waals surface area contributed by atoms with Crippen molar-refractivity contribution in [3.63, 3.8) is 0 Å². The topological polar surface area (TPSA) is 57.6 Å². The zero-order chi connectivity index (χ0) is 9.59. The summed E-state index contributed by atoms with van der Waals surface area (Å²) in [6, 6.07) is -0.253. The molecule has 1 N–H and O–H groups in total. The molecule has 4 nitrogen and oxygen atoms in total. The van der Waals surface area contributed by atoms with Gasteiger partial charge in [-0.3, -0.25) is 9.59 Å². The summed E-state index contributed by atoms with van der Waals surface area (Å²) in [5, 5.41) is 9.58. The molecular formula is C8H9NO3S. The number of hydrogen-bond acceptors (Lipinski definition) is 4. The Kier molecular flexibility index (Phi) is 1.83. The van der Waals surface area contributed by atoms with E-state index in [1.807, 2.05) is 0 Å². The average molecular weight is 199 g/mol. The summed E-state index contributed by atoms with van der Waals surface area (Å²) in [6.07, 6.45) is 0. The maximum atomic E-state index is 11.5. The number of ketones is 1. The van der Waals surface area contributed by atoms with Crippen LogP contribution in [0, 0.1) is 0 Å². The van der Waals surface area contributed by atoms with Crippen LogP contribution >= 0.6 is 11.8 Å². The third-order valence-electron chi connectivity index (χ3n) is 2.28. The number of amides is 1. The molecule has 0 aromatic rings. The summed E-state index contributed by atoms with van der Waals surface area (Å²) in [5.41, 5.74) is -0.0229. The van der Waals surface area contributed by atoms with Gasteiger partial charge in [0.05, 0.1) is 5.88 Å². The third kappa shape index (κ3) is 1.07. The van der Waals surface area contributed by atoms with Gasteiger partial charge in [-0.05, 0) is 6.92 Å². The molecule has 2 rings (SSSR count). The SMILES string of the molecule is CC(=O)C1=C(O)[C@@H]2CSCN2C1=O. The lowest BCUT2D eigenvalue weighted by molar-refractivity contribution is -0.127. The second kappa shape index (κ2) is 2.77. The standard InChI is InChI=1S/C8H9NO3S/c1-4(10)6-7(11)5-2-13-3-9(5)8(6)12/h5,11H,2-3H2,1H3/t5-/m0/s1. The molecule has 0 aromatic heterocycles. The highest BCUT2D eigenvalue weighted by atomic mass is 32.2. The van der Waals surface area contributed by atoms with Gasteiger partial charge >= 0.3 is 0 Å². The average Bonchev–Trinajstić information content (AvgIpc) is 2.56. The zero-order valence-corrected chi connectivity index (χ0v) is 7.93. The predicted octanol–water partition coefficient (Wildman–Crippen LogP) is 0.303. The fourth-order valence-corrected chi connectivity index (χ4v) is 2.78. The van der Waals surface area contributed by atoms with Crippen LogP contribution in [0.25, 0.3) is 0 Å². The van der Waals surface area contributed by atoms with Gasteiger partial charge in [0, 0.05) is 5.75 Å². The first-order valence-electron chi connectivity index (χ1n) is 3.95. The number of thioether (sulfide) groups is 1. The van der Waals surface area contributed by atoms with Crippen LogP contribution in [0.3, 0.4) is 0 Å². The van der Waals surface area contributed by atoms with Crippen molar-refractivity contribution in [3.8, 4) is 0 Å². The Hall–Kier alpha value is -0.970. The molecule has 1 atom stereocenters. The largest absolute Gasteiger partial charge is 0.509 e. The molecule has 2 aliphatic rings. The maximum absolute atomic E-state index is 11.5. The van der Waals surface area contributed by atoms with Crippen molar-refractivity contribution >= 4 is 23.5 Å². The van der Waals surface area contributed by atoms with Gasteiger partial charge in [0.1, 0.15) is 17.4 Å². The number of nitrogens with zero attached hydrogens (tertiary/aromatic N) is 1.